The zero-order chi connectivity index (χ0) is 8.27. The number of aldehydes is 1. The SMILES string of the molecule is Cc1cccc(C=O)c1OP. The van der Waals surface area contributed by atoms with Crippen LogP contribution in [0, 0.1) is 6.92 Å². The van der Waals surface area contributed by atoms with Gasteiger partial charge in [-0.15, -0.1) is 0 Å². The van der Waals surface area contributed by atoms with Crippen LogP contribution < -0.4 is 4.52 Å². The van der Waals surface area contributed by atoms with E-state index in [4.69, 9.17) is 4.52 Å². The van der Waals surface area contributed by atoms with E-state index < -0.39 is 0 Å². The first kappa shape index (κ1) is 8.22. The molecule has 11 heavy (non-hydrogen) atoms. The molecule has 0 aliphatic heterocycles. The molecule has 0 saturated heterocycles. The van der Waals surface area contributed by atoms with Crippen LogP contribution in [-0.2, 0) is 0 Å². The van der Waals surface area contributed by atoms with Crippen molar-refractivity contribution in [1.82, 2.24) is 0 Å². The molecule has 0 amide bonds. The highest BCUT2D eigenvalue weighted by molar-refractivity contribution is 7.10. The first-order chi connectivity index (χ1) is 5.29. The van der Waals surface area contributed by atoms with E-state index in [1.807, 2.05) is 19.1 Å². The van der Waals surface area contributed by atoms with Gasteiger partial charge in [0.05, 0.1) is 15.0 Å². The van der Waals surface area contributed by atoms with Crippen LogP contribution in [-0.4, -0.2) is 6.29 Å². The second-order valence-corrected chi connectivity index (χ2v) is 2.46. The van der Waals surface area contributed by atoms with E-state index in [0.29, 0.717) is 11.3 Å². The molecule has 1 rings (SSSR count). The summed E-state index contributed by atoms with van der Waals surface area (Å²) in [6, 6.07) is 5.44. The van der Waals surface area contributed by atoms with Gasteiger partial charge in [0.25, 0.3) is 0 Å². The molecule has 0 aromatic heterocycles. The Morgan fingerprint density at radius 3 is 2.73 bits per heavy atom. The maximum Gasteiger partial charge on any atom is 0.153 e. The van der Waals surface area contributed by atoms with Crippen molar-refractivity contribution in [2.24, 2.45) is 0 Å². The predicted octanol–water partition coefficient (Wildman–Crippen LogP) is 1.98. The van der Waals surface area contributed by atoms with Crippen LogP contribution in [0.3, 0.4) is 0 Å². The molecule has 3 heteroatoms. The number of carbonyl (C=O) groups is 1. The summed E-state index contributed by atoms with van der Waals surface area (Å²) in [5.74, 6) is 0.632. The van der Waals surface area contributed by atoms with Crippen LogP contribution in [0.15, 0.2) is 18.2 Å². The lowest BCUT2D eigenvalue weighted by Crippen LogP contribution is -1.87. The van der Waals surface area contributed by atoms with Gasteiger partial charge in [-0.05, 0) is 18.6 Å². The van der Waals surface area contributed by atoms with Crippen LogP contribution in [0.2, 0.25) is 0 Å². The molecule has 1 aromatic carbocycles. The molecule has 0 radical (unpaired) electrons. The van der Waals surface area contributed by atoms with Crippen LogP contribution >= 0.6 is 9.47 Å². The van der Waals surface area contributed by atoms with Crippen LogP contribution in [0.1, 0.15) is 15.9 Å². The third kappa shape index (κ3) is 1.58. The molecule has 0 heterocycles. The third-order valence-corrected chi connectivity index (χ3v) is 1.72. The van der Waals surface area contributed by atoms with Gasteiger partial charge in [0.1, 0.15) is 5.75 Å². The summed E-state index contributed by atoms with van der Waals surface area (Å²) in [4.78, 5) is 10.4. The summed E-state index contributed by atoms with van der Waals surface area (Å²) in [5, 5.41) is 0. The van der Waals surface area contributed by atoms with E-state index in [0.717, 1.165) is 11.8 Å². The summed E-state index contributed by atoms with van der Waals surface area (Å²) >= 11 is 0. The minimum absolute atomic E-state index is 0.583. The number of hydrogen-bond acceptors (Lipinski definition) is 2. The van der Waals surface area contributed by atoms with E-state index in [1.54, 1.807) is 6.07 Å². The molecule has 1 atom stereocenters. The van der Waals surface area contributed by atoms with Crippen molar-refractivity contribution in [1.29, 1.82) is 0 Å². The summed E-state index contributed by atoms with van der Waals surface area (Å²) in [5.41, 5.74) is 1.55. The lowest BCUT2D eigenvalue weighted by atomic mass is 10.1. The number of rotatable bonds is 2. The van der Waals surface area contributed by atoms with Crippen LogP contribution in [0.4, 0.5) is 0 Å². The third-order valence-electron chi connectivity index (χ3n) is 1.49. The van der Waals surface area contributed by atoms with Gasteiger partial charge in [-0.25, -0.2) is 0 Å². The number of para-hydroxylation sites is 1. The Morgan fingerprint density at radius 1 is 1.55 bits per heavy atom. The predicted molar refractivity (Wildman–Crippen MR) is 46.9 cm³/mol. The van der Waals surface area contributed by atoms with E-state index in [9.17, 15) is 4.79 Å². The summed E-state index contributed by atoms with van der Waals surface area (Å²) in [6.45, 7) is 1.90. The van der Waals surface area contributed by atoms with Gasteiger partial charge in [-0.2, -0.15) is 0 Å². The van der Waals surface area contributed by atoms with Crippen molar-refractivity contribution in [2.45, 2.75) is 6.92 Å². The molecule has 1 aromatic rings. The summed E-state index contributed by atoms with van der Waals surface area (Å²) in [6.07, 6.45) is 0.784. The van der Waals surface area contributed by atoms with Gasteiger partial charge in [0.15, 0.2) is 6.29 Å². The van der Waals surface area contributed by atoms with Gasteiger partial charge in [0, 0.05) is 0 Å². The van der Waals surface area contributed by atoms with Gasteiger partial charge in [-0.3, -0.25) is 4.79 Å². The smallest absolute Gasteiger partial charge is 0.153 e. The average Bonchev–Trinajstić information content (AvgIpc) is 2.04. The zero-order valence-electron chi connectivity index (χ0n) is 6.20. The Bertz CT molecular complexity index is 271. The zero-order valence-corrected chi connectivity index (χ0v) is 7.36. The van der Waals surface area contributed by atoms with E-state index >= 15 is 0 Å². The molecule has 0 N–H and O–H groups in total. The molecule has 0 aliphatic rings. The summed E-state index contributed by atoms with van der Waals surface area (Å²) < 4.78 is 4.95. The lowest BCUT2D eigenvalue weighted by molar-refractivity contribution is 0.112. The fraction of sp³-hybridized carbons (Fsp3) is 0.125. The fourth-order valence-corrected chi connectivity index (χ4v) is 1.25. The van der Waals surface area contributed by atoms with E-state index in [2.05, 4.69) is 9.47 Å². The summed E-state index contributed by atoms with van der Waals surface area (Å²) in [7, 11) is 2.13. The molecular weight excluding hydrogens is 159 g/mol. The van der Waals surface area contributed by atoms with Crippen molar-refractivity contribution >= 4 is 15.8 Å². The maximum atomic E-state index is 10.4. The van der Waals surface area contributed by atoms with Crippen molar-refractivity contribution < 1.29 is 9.32 Å². The molecule has 1 unspecified atom stereocenters. The molecule has 0 aliphatic carbocycles. The van der Waals surface area contributed by atoms with E-state index in [-0.39, 0.29) is 0 Å². The Balaban J connectivity index is 3.23. The second kappa shape index (κ2) is 3.49. The topological polar surface area (TPSA) is 26.3 Å². The van der Waals surface area contributed by atoms with Gasteiger partial charge in [-0.1, -0.05) is 12.1 Å². The van der Waals surface area contributed by atoms with Crippen molar-refractivity contribution in [3.05, 3.63) is 29.3 Å². The largest absolute Gasteiger partial charge is 0.479 e. The molecule has 0 spiro atoms. The fourth-order valence-electron chi connectivity index (χ4n) is 0.929. The second-order valence-electron chi connectivity index (χ2n) is 2.23. The Hall–Kier alpha value is -0.880. The molecule has 2 nitrogen and oxygen atoms in total. The minimum Gasteiger partial charge on any atom is -0.479 e. The Kier molecular flexibility index (Phi) is 2.61. The quantitative estimate of drug-likeness (QED) is 0.498. The number of benzene rings is 1. The first-order valence-electron chi connectivity index (χ1n) is 3.21. The number of carbonyl (C=O) groups excluding carboxylic acids is 1. The number of aryl methyl sites for hydroxylation is 1. The molecule has 0 saturated carbocycles. The normalized spacial score (nSPS) is 9.27. The Morgan fingerprint density at radius 2 is 2.27 bits per heavy atom. The number of hydrogen-bond donors (Lipinski definition) is 0. The minimum atomic E-state index is 0.583. The standard InChI is InChI=1S/C8H9O2P/c1-6-3-2-4-7(5-9)8(6)10-11/h2-5H,11H2,1H3. The van der Waals surface area contributed by atoms with E-state index in [1.165, 1.54) is 0 Å². The highest BCUT2D eigenvalue weighted by atomic mass is 31.0. The molecular formula is C8H9O2P. The van der Waals surface area contributed by atoms with Crippen molar-refractivity contribution in [3.8, 4) is 5.75 Å². The average molecular weight is 168 g/mol. The van der Waals surface area contributed by atoms with Gasteiger partial charge < -0.3 is 4.52 Å². The van der Waals surface area contributed by atoms with Crippen molar-refractivity contribution in [2.75, 3.05) is 0 Å². The van der Waals surface area contributed by atoms with Gasteiger partial charge >= 0.3 is 0 Å². The molecule has 58 valence electrons. The maximum absolute atomic E-state index is 10.4. The van der Waals surface area contributed by atoms with Crippen LogP contribution in [0.25, 0.3) is 0 Å². The Labute approximate surface area is 67.9 Å². The van der Waals surface area contributed by atoms with Crippen LogP contribution in [0.5, 0.6) is 5.75 Å². The lowest BCUT2D eigenvalue weighted by Gasteiger charge is -2.04. The molecule has 0 fully saturated rings. The first-order valence-corrected chi connectivity index (χ1v) is 3.68. The van der Waals surface area contributed by atoms with Gasteiger partial charge in [0.2, 0.25) is 0 Å². The van der Waals surface area contributed by atoms with Crippen molar-refractivity contribution in [3.63, 3.8) is 0 Å². The highest BCUT2D eigenvalue weighted by Crippen LogP contribution is 2.23. The molecule has 0 bridgehead atoms. The highest BCUT2D eigenvalue weighted by Gasteiger charge is 2.02. The monoisotopic (exact) mass is 168 g/mol.